The van der Waals surface area contributed by atoms with Crippen LogP contribution < -0.4 is 0 Å². The molecule has 3 heterocycles. The van der Waals surface area contributed by atoms with E-state index in [1.165, 1.54) is 5.56 Å². The summed E-state index contributed by atoms with van der Waals surface area (Å²) in [5, 5.41) is 4.65. The second-order valence-electron chi connectivity index (χ2n) is 9.82. The molecule has 1 atom stereocenters. The van der Waals surface area contributed by atoms with Crippen LogP contribution in [0.1, 0.15) is 35.0 Å². The van der Waals surface area contributed by atoms with Crippen LogP contribution in [0, 0.1) is 13.8 Å². The molecular formula is C26H37N5O3S. The maximum absolute atomic E-state index is 12.9. The van der Waals surface area contributed by atoms with E-state index in [2.05, 4.69) is 34.3 Å². The molecule has 0 saturated carbocycles. The zero-order valence-electron chi connectivity index (χ0n) is 21.1. The molecule has 1 aromatic carbocycles. The van der Waals surface area contributed by atoms with Crippen LogP contribution >= 0.6 is 0 Å². The van der Waals surface area contributed by atoms with Crippen molar-refractivity contribution >= 4 is 21.8 Å². The molecule has 0 N–H and O–H groups in total. The van der Waals surface area contributed by atoms with Gasteiger partial charge in [0.05, 0.1) is 29.8 Å². The van der Waals surface area contributed by atoms with Crippen LogP contribution in [0.5, 0.6) is 0 Å². The molecule has 1 amide bonds. The summed E-state index contributed by atoms with van der Waals surface area (Å²) in [5.74, 6) is 0.546. The number of piperazine rings is 1. The van der Waals surface area contributed by atoms with Gasteiger partial charge in [-0.2, -0.15) is 5.10 Å². The van der Waals surface area contributed by atoms with Crippen molar-refractivity contribution in [3.05, 3.63) is 58.9 Å². The molecule has 0 spiro atoms. The first-order valence-electron chi connectivity index (χ1n) is 12.4. The van der Waals surface area contributed by atoms with Crippen molar-refractivity contribution in [3.63, 3.8) is 0 Å². The lowest BCUT2D eigenvalue weighted by atomic mass is 10.1. The second kappa shape index (κ2) is 11.1. The van der Waals surface area contributed by atoms with Gasteiger partial charge in [-0.3, -0.25) is 19.3 Å². The Morgan fingerprint density at radius 3 is 2.51 bits per heavy atom. The quantitative estimate of drug-likeness (QED) is 0.554. The lowest BCUT2D eigenvalue weighted by molar-refractivity contribution is -0.133. The van der Waals surface area contributed by atoms with Gasteiger partial charge >= 0.3 is 0 Å². The van der Waals surface area contributed by atoms with E-state index in [0.717, 1.165) is 49.7 Å². The number of aromatic nitrogens is 2. The van der Waals surface area contributed by atoms with E-state index in [1.807, 2.05) is 53.6 Å². The van der Waals surface area contributed by atoms with Gasteiger partial charge in [-0.25, -0.2) is 8.42 Å². The molecule has 2 saturated heterocycles. The highest BCUT2D eigenvalue weighted by Gasteiger charge is 2.31. The first kappa shape index (κ1) is 25.6. The Hall–Kier alpha value is -2.49. The van der Waals surface area contributed by atoms with E-state index in [1.54, 1.807) is 0 Å². The Balaban J connectivity index is 1.25. The number of amides is 1. The predicted octanol–water partition coefficient (Wildman–Crippen LogP) is 2.15. The standard InChI is InChI=1S/C26H37N5O3S/c1-21-25(22(2)31(27-21)24-11-17-35(33,34)20-24)18-28(3)19-26(32)30-15-13-29(14-16-30)12-7-10-23-8-5-4-6-9-23/h4-10,24H,11-20H2,1-3H3/b10-7+. The number of hydrogen-bond donors (Lipinski definition) is 0. The highest BCUT2D eigenvalue weighted by atomic mass is 32.2. The summed E-state index contributed by atoms with van der Waals surface area (Å²) in [4.78, 5) is 19.3. The normalized spacial score (nSPS) is 20.8. The number of hydrogen-bond acceptors (Lipinski definition) is 6. The summed E-state index contributed by atoms with van der Waals surface area (Å²) in [7, 11) is -1.01. The van der Waals surface area contributed by atoms with Crippen molar-refractivity contribution in [1.29, 1.82) is 0 Å². The molecule has 190 valence electrons. The van der Waals surface area contributed by atoms with Crippen LogP contribution in [-0.4, -0.2) is 96.6 Å². The van der Waals surface area contributed by atoms with Crippen molar-refractivity contribution in [2.75, 3.05) is 57.8 Å². The number of aryl methyl sites for hydroxylation is 1. The van der Waals surface area contributed by atoms with Gasteiger partial charge in [0.25, 0.3) is 0 Å². The summed E-state index contributed by atoms with van der Waals surface area (Å²) in [6.07, 6.45) is 4.95. The molecule has 4 rings (SSSR count). The molecular weight excluding hydrogens is 462 g/mol. The maximum atomic E-state index is 12.9. The van der Waals surface area contributed by atoms with E-state index >= 15 is 0 Å². The molecule has 0 radical (unpaired) electrons. The lowest BCUT2D eigenvalue weighted by Crippen LogP contribution is -2.50. The zero-order valence-corrected chi connectivity index (χ0v) is 21.9. The van der Waals surface area contributed by atoms with Gasteiger partial charge in [0.15, 0.2) is 9.84 Å². The molecule has 0 aliphatic carbocycles. The number of nitrogens with zero attached hydrogens (tertiary/aromatic N) is 5. The third-order valence-electron chi connectivity index (χ3n) is 7.06. The van der Waals surface area contributed by atoms with Gasteiger partial charge in [-0.05, 0) is 32.9 Å². The number of carbonyl (C=O) groups excluding carboxylic acids is 1. The summed E-state index contributed by atoms with van der Waals surface area (Å²) in [6, 6.07) is 10.2. The fourth-order valence-electron chi connectivity index (χ4n) is 4.99. The molecule has 2 aromatic rings. The number of likely N-dealkylation sites (N-methyl/N-ethyl adjacent to an activating group) is 1. The Labute approximate surface area is 209 Å². The van der Waals surface area contributed by atoms with E-state index in [0.29, 0.717) is 19.5 Å². The summed E-state index contributed by atoms with van der Waals surface area (Å²) in [6.45, 7) is 9.08. The third-order valence-corrected chi connectivity index (χ3v) is 8.81. The molecule has 1 aromatic heterocycles. The average molecular weight is 500 g/mol. The van der Waals surface area contributed by atoms with Crippen LogP contribution in [0.15, 0.2) is 36.4 Å². The SMILES string of the molecule is Cc1nn(C2CCS(=O)(=O)C2)c(C)c1CN(C)CC(=O)N1CCN(C/C=C/c2ccccc2)CC1. The largest absolute Gasteiger partial charge is 0.339 e. The lowest BCUT2D eigenvalue weighted by Gasteiger charge is -2.35. The van der Waals surface area contributed by atoms with Crippen LogP contribution in [0.4, 0.5) is 0 Å². The molecule has 35 heavy (non-hydrogen) atoms. The van der Waals surface area contributed by atoms with Crippen LogP contribution in [0.2, 0.25) is 0 Å². The summed E-state index contributed by atoms with van der Waals surface area (Å²) < 4.78 is 25.7. The maximum Gasteiger partial charge on any atom is 0.236 e. The first-order chi connectivity index (χ1) is 16.7. The Kier molecular flexibility index (Phi) is 8.09. The topological polar surface area (TPSA) is 78.8 Å². The third kappa shape index (κ3) is 6.59. The highest BCUT2D eigenvalue weighted by Crippen LogP contribution is 2.27. The van der Waals surface area contributed by atoms with Crippen molar-refractivity contribution in [2.24, 2.45) is 0 Å². The van der Waals surface area contributed by atoms with Crippen molar-refractivity contribution in [3.8, 4) is 0 Å². The van der Waals surface area contributed by atoms with E-state index in [4.69, 9.17) is 0 Å². The van der Waals surface area contributed by atoms with Crippen molar-refractivity contribution in [1.82, 2.24) is 24.5 Å². The number of benzene rings is 1. The van der Waals surface area contributed by atoms with Crippen LogP contribution in [0.3, 0.4) is 0 Å². The Bertz CT molecular complexity index is 1150. The van der Waals surface area contributed by atoms with E-state index in [9.17, 15) is 13.2 Å². The van der Waals surface area contributed by atoms with Gasteiger partial charge in [-0.1, -0.05) is 42.5 Å². The predicted molar refractivity (Wildman–Crippen MR) is 139 cm³/mol. The summed E-state index contributed by atoms with van der Waals surface area (Å²) >= 11 is 0. The number of sulfone groups is 1. The molecule has 0 bridgehead atoms. The van der Waals surface area contributed by atoms with E-state index in [-0.39, 0.29) is 23.5 Å². The molecule has 2 fully saturated rings. The van der Waals surface area contributed by atoms with Gasteiger partial charge < -0.3 is 4.90 Å². The second-order valence-corrected chi connectivity index (χ2v) is 12.0. The van der Waals surface area contributed by atoms with Gasteiger partial charge in [0.2, 0.25) is 5.91 Å². The van der Waals surface area contributed by atoms with Gasteiger partial charge in [-0.15, -0.1) is 0 Å². The first-order valence-corrected chi connectivity index (χ1v) is 14.2. The molecule has 2 aliphatic heterocycles. The minimum absolute atomic E-state index is 0.0850. The van der Waals surface area contributed by atoms with Crippen LogP contribution in [-0.2, 0) is 21.2 Å². The zero-order chi connectivity index (χ0) is 25.0. The van der Waals surface area contributed by atoms with Gasteiger partial charge in [0.1, 0.15) is 0 Å². The molecule has 1 unspecified atom stereocenters. The van der Waals surface area contributed by atoms with E-state index < -0.39 is 9.84 Å². The van der Waals surface area contributed by atoms with Gasteiger partial charge in [0, 0.05) is 50.5 Å². The Morgan fingerprint density at radius 2 is 1.86 bits per heavy atom. The smallest absolute Gasteiger partial charge is 0.236 e. The van der Waals surface area contributed by atoms with Crippen molar-refractivity contribution in [2.45, 2.75) is 32.9 Å². The monoisotopic (exact) mass is 499 g/mol. The molecule has 8 nitrogen and oxygen atoms in total. The molecule has 9 heteroatoms. The highest BCUT2D eigenvalue weighted by molar-refractivity contribution is 7.91. The van der Waals surface area contributed by atoms with Crippen molar-refractivity contribution < 1.29 is 13.2 Å². The fraction of sp³-hybridized carbons (Fsp3) is 0.538. The fourth-order valence-corrected chi connectivity index (χ4v) is 6.68. The Morgan fingerprint density at radius 1 is 1.14 bits per heavy atom. The average Bonchev–Trinajstić information content (AvgIpc) is 3.33. The minimum atomic E-state index is -2.97. The number of carbonyl (C=O) groups is 1. The molecule has 2 aliphatic rings. The summed E-state index contributed by atoms with van der Waals surface area (Å²) in [5.41, 5.74) is 4.19. The number of rotatable bonds is 8. The minimum Gasteiger partial charge on any atom is -0.339 e. The van der Waals surface area contributed by atoms with Crippen LogP contribution in [0.25, 0.3) is 6.08 Å².